The van der Waals surface area contributed by atoms with E-state index in [-0.39, 0.29) is 11.7 Å². The average molecular weight is 262 g/mol. The first kappa shape index (κ1) is 13.2. The lowest BCUT2D eigenvalue weighted by Crippen LogP contribution is -2.18. The number of nitrogens with zero attached hydrogens (tertiary/aromatic N) is 4. The van der Waals surface area contributed by atoms with Gasteiger partial charge in [-0.1, -0.05) is 0 Å². The molecule has 2 atom stereocenters. The summed E-state index contributed by atoms with van der Waals surface area (Å²) in [5.74, 6) is 0.474. The second-order valence-electron chi connectivity index (χ2n) is 4.33. The summed E-state index contributed by atoms with van der Waals surface area (Å²) in [5, 5.41) is 24.3. The summed E-state index contributed by atoms with van der Waals surface area (Å²) in [4.78, 5) is 14.2. The quantitative estimate of drug-likeness (QED) is 0.669. The van der Waals surface area contributed by atoms with E-state index in [9.17, 15) is 15.2 Å². The van der Waals surface area contributed by atoms with Crippen LogP contribution in [0.25, 0.3) is 11.4 Å². The SMILES string of the molecule is CC(O)C(C)n1cnc(-c2ccc([N+](=O)[O-])cc2)n1. The molecule has 2 aromatic rings. The van der Waals surface area contributed by atoms with Gasteiger partial charge in [-0.2, -0.15) is 5.10 Å². The minimum absolute atomic E-state index is 0.0283. The van der Waals surface area contributed by atoms with Crippen molar-refractivity contribution in [3.8, 4) is 11.4 Å². The molecule has 0 bridgehead atoms. The number of benzene rings is 1. The van der Waals surface area contributed by atoms with E-state index in [1.807, 2.05) is 6.92 Å². The third-order valence-electron chi connectivity index (χ3n) is 2.96. The first-order chi connectivity index (χ1) is 8.99. The van der Waals surface area contributed by atoms with E-state index in [1.54, 1.807) is 23.7 Å². The molecule has 1 aromatic carbocycles. The van der Waals surface area contributed by atoms with Gasteiger partial charge >= 0.3 is 0 Å². The first-order valence-corrected chi connectivity index (χ1v) is 5.83. The fourth-order valence-corrected chi connectivity index (χ4v) is 1.56. The molecule has 0 saturated carbocycles. The van der Waals surface area contributed by atoms with E-state index >= 15 is 0 Å². The largest absolute Gasteiger partial charge is 0.391 e. The molecule has 1 heterocycles. The Labute approximate surface area is 109 Å². The second kappa shape index (κ2) is 5.15. The van der Waals surface area contributed by atoms with E-state index in [4.69, 9.17) is 0 Å². The average Bonchev–Trinajstić information content (AvgIpc) is 2.87. The fourth-order valence-electron chi connectivity index (χ4n) is 1.56. The van der Waals surface area contributed by atoms with Crippen LogP contribution in [0.2, 0.25) is 0 Å². The number of nitro groups is 1. The monoisotopic (exact) mass is 262 g/mol. The lowest BCUT2D eigenvalue weighted by Gasteiger charge is -2.13. The Balaban J connectivity index is 2.25. The maximum atomic E-state index is 10.6. The predicted molar refractivity (Wildman–Crippen MR) is 68.5 cm³/mol. The zero-order valence-corrected chi connectivity index (χ0v) is 10.6. The van der Waals surface area contributed by atoms with Gasteiger partial charge in [-0.25, -0.2) is 9.67 Å². The Bertz CT molecular complexity index is 577. The zero-order valence-electron chi connectivity index (χ0n) is 10.6. The standard InChI is InChI=1S/C12H14N4O3/c1-8(9(2)17)15-7-13-12(14-15)10-3-5-11(6-4-10)16(18)19/h3-9,17H,1-2H3. The number of rotatable bonds is 4. The maximum absolute atomic E-state index is 10.6. The van der Waals surface area contributed by atoms with Gasteiger partial charge in [-0.15, -0.1) is 0 Å². The highest BCUT2D eigenvalue weighted by molar-refractivity contribution is 5.56. The highest BCUT2D eigenvalue weighted by Gasteiger charge is 2.14. The van der Waals surface area contributed by atoms with Crippen molar-refractivity contribution < 1.29 is 10.0 Å². The minimum atomic E-state index is -0.536. The van der Waals surface area contributed by atoms with E-state index < -0.39 is 11.0 Å². The summed E-state index contributed by atoms with van der Waals surface area (Å²) in [7, 11) is 0. The first-order valence-electron chi connectivity index (χ1n) is 5.83. The van der Waals surface area contributed by atoms with E-state index in [2.05, 4.69) is 10.1 Å². The van der Waals surface area contributed by atoms with Crippen LogP contribution in [0.4, 0.5) is 5.69 Å². The molecule has 1 N–H and O–H groups in total. The van der Waals surface area contributed by atoms with Crippen molar-refractivity contribution >= 4 is 5.69 Å². The molecule has 0 radical (unpaired) electrons. The summed E-state index contributed by atoms with van der Waals surface area (Å²) in [6.45, 7) is 3.51. The molecule has 2 unspecified atom stereocenters. The highest BCUT2D eigenvalue weighted by Crippen LogP contribution is 2.20. The summed E-state index contributed by atoms with van der Waals surface area (Å²) in [6, 6.07) is 5.84. The van der Waals surface area contributed by atoms with Gasteiger partial charge in [0.15, 0.2) is 5.82 Å². The van der Waals surface area contributed by atoms with Crippen LogP contribution >= 0.6 is 0 Å². The number of aromatic nitrogens is 3. The summed E-state index contributed by atoms with van der Waals surface area (Å²) >= 11 is 0. The van der Waals surface area contributed by atoms with Gasteiger partial charge < -0.3 is 5.11 Å². The molecule has 7 nitrogen and oxygen atoms in total. The van der Waals surface area contributed by atoms with Gasteiger partial charge in [0, 0.05) is 17.7 Å². The van der Waals surface area contributed by atoms with Crippen molar-refractivity contribution in [2.75, 3.05) is 0 Å². The van der Waals surface area contributed by atoms with Gasteiger partial charge in [-0.3, -0.25) is 10.1 Å². The molecule has 0 amide bonds. The van der Waals surface area contributed by atoms with E-state index in [0.29, 0.717) is 11.4 Å². The maximum Gasteiger partial charge on any atom is 0.269 e. The molecule has 19 heavy (non-hydrogen) atoms. The van der Waals surface area contributed by atoms with Crippen LogP contribution in [0.5, 0.6) is 0 Å². The number of aliphatic hydroxyl groups is 1. The van der Waals surface area contributed by atoms with Crippen LogP contribution in [-0.4, -0.2) is 30.9 Å². The second-order valence-corrected chi connectivity index (χ2v) is 4.33. The number of non-ortho nitro benzene ring substituents is 1. The Morgan fingerprint density at radius 3 is 2.47 bits per heavy atom. The fraction of sp³-hybridized carbons (Fsp3) is 0.333. The highest BCUT2D eigenvalue weighted by atomic mass is 16.6. The molecular weight excluding hydrogens is 248 g/mol. The molecule has 0 aliphatic heterocycles. The smallest absolute Gasteiger partial charge is 0.269 e. The summed E-state index contributed by atoms with van der Waals surface area (Å²) in [6.07, 6.45) is 1.00. The third kappa shape index (κ3) is 2.76. The van der Waals surface area contributed by atoms with Crippen molar-refractivity contribution in [3.05, 3.63) is 40.7 Å². The molecule has 0 spiro atoms. The number of aliphatic hydroxyl groups excluding tert-OH is 1. The molecule has 0 aliphatic carbocycles. The topological polar surface area (TPSA) is 94.1 Å². The molecule has 1 aromatic heterocycles. The van der Waals surface area contributed by atoms with Crippen LogP contribution < -0.4 is 0 Å². The van der Waals surface area contributed by atoms with Crippen LogP contribution in [0.3, 0.4) is 0 Å². The van der Waals surface area contributed by atoms with Crippen molar-refractivity contribution in [3.63, 3.8) is 0 Å². The van der Waals surface area contributed by atoms with Gasteiger partial charge in [-0.05, 0) is 26.0 Å². The predicted octanol–water partition coefficient (Wildman–Crippen LogP) is 1.80. The van der Waals surface area contributed by atoms with Crippen molar-refractivity contribution in [1.29, 1.82) is 0 Å². The Morgan fingerprint density at radius 2 is 1.95 bits per heavy atom. The van der Waals surface area contributed by atoms with Crippen molar-refractivity contribution in [1.82, 2.24) is 14.8 Å². The molecule has 0 fully saturated rings. The van der Waals surface area contributed by atoms with E-state index in [1.165, 1.54) is 18.5 Å². The molecule has 0 saturated heterocycles. The zero-order chi connectivity index (χ0) is 14.0. The summed E-state index contributed by atoms with van der Waals surface area (Å²) in [5.41, 5.74) is 0.725. The Morgan fingerprint density at radius 1 is 1.32 bits per heavy atom. The van der Waals surface area contributed by atoms with Crippen LogP contribution in [0.1, 0.15) is 19.9 Å². The van der Waals surface area contributed by atoms with Crippen LogP contribution in [0, 0.1) is 10.1 Å². The van der Waals surface area contributed by atoms with Gasteiger partial charge in [0.2, 0.25) is 0 Å². The number of hydrogen-bond acceptors (Lipinski definition) is 5. The lowest BCUT2D eigenvalue weighted by molar-refractivity contribution is -0.384. The number of nitro benzene ring substituents is 1. The molecule has 7 heteroatoms. The van der Waals surface area contributed by atoms with Gasteiger partial charge in [0.05, 0.1) is 17.1 Å². The van der Waals surface area contributed by atoms with E-state index in [0.717, 1.165) is 0 Å². The van der Waals surface area contributed by atoms with Crippen molar-refractivity contribution in [2.24, 2.45) is 0 Å². The molecule has 0 aliphatic rings. The third-order valence-corrected chi connectivity index (χ3v) is 2.96. The minimum Gasteiger partial charge on any atom is -0.391 e. The molecule has 2 rings (SSSR count). The van der Waals surface area contributed by atoms with Gasteiger partial charge in [0.25, 0.3) is 5.69 Å². The van der Waals surface area contributed by atoms with Gasteiger partial charge in [0.1, 0.15) is 6.33 Å². The Hall–Kier alpha value is -2.28. The molecular formula is C12H14N4O3. The van der Waals surface area contributed by atoms with Crippen LogP contribution in [-0.2, 0) is 0 Å². The van der Waals surface area contributed by atoms with Crippen LogP contribution in [0.15, 0.2) is 30.6 Å². The summed E-state index contributed by atoms with van der Waals surface area (Å²) < 4.78 is 1.57. The lowest BCUT2D eigenvalue weighted by atomic mass is 10.2. The van der Waals surface area contributed by atoms with Crippen molar-refractivity contribution in [2.45, 2.75) is 26.0 Å². The molecule has 100 valence electrons. The Kier molecular flexibility index (Phi) is 3.57. The normalized spacial score (nSPS) is 14.1. The number of hydrogen-bond donors (Lipinski definition) is 1.